The van der Waals surface area contributed by atoms with Gasteiger partial charge in [-0.2, -0.15) is 0 Å². The van der Waals surface area contributed by atoms with Gasteiger partial charge >= 0.3 is 0 Å². The summed E-state index contributed by atoms with van der Waals surface area (Å²) in [6.45, 7) is 11.1. The van der Waals surface area contributed by atoms with Crippen LogP contribution in [0, 0.1) is 0 Å². The molecule has 0 amide bonds. The minimum atomic E-state index is 0.277. The molecule has 2 bridgehead atoms. The molecule has 0 N–H and O–H groups in total. The summed E-state index contributed by atoms with van der Waals surface area (Å²) < 4.78 is 11.7. The van der Waals surface area contributed by atoms with Gasteiger partial charge < -0.3 is 9.47 Å². The molecule has 2 heterocycles. The summed E-state index contributed by atoms with van der Waals surface area (Å²) in [7, 11) is 0. The Morgan fingerprint density at radius 2 is 1.20 bits per heavy atom. The van der Waals surface area contributed by atoms with E-state index in [1.807, 2.05) is 0 Å². The molecule has 0 aromatic carbocycles. The van der Waals surface area contributed by atoms with Gasteiger partial charge in [0.05, 0.1) is 18.9 Å². The fourth-order valence-electron chi connectivity index (χ4n) is 2.11. The highest BCUT2D eigenvalue weighted by Crippen LogP contribution is 2.21. The Bertz CT molecular complexity index is 203. The Kier molecular flexibility index (Phi) is 3.30. The zero-order chi connectivity index (χ0) is 11.0. The van der Waals surface area contributed by atoms with Gasteiger partial charge in [0.25, 0.3) is 0 Å². The number of ether oxygens (including phenoxy) is 2. The summed E-state index contributed by atoms with van der Waals surface area (Å²) in [6.07, 6.45) is 0.554. The second kappa shape index (κ2) is 4.37. The van der Waals surface area contributed by atoms with Crippen molar-refractivity contribution in [3.05, 3.63) is 0 Å². The van der Waals surface area contributed by atoms with E-state index in [4.69, 9.17) is 9.47 Å². The van der Waals surface area contributed by atoms with Gasteiger partial charge in [-0.3, -0.25) is 9.80 Å². The third-order valence-electron chi connectivity index (χ3n) is 3.88. The molecule has 0 spiro atoms. The first-order chi connectivity index (χ1) is 7.09. The van der Waals surface area contributed by atoms with E-state index in [0.717, 1.165) is 20.1 Å². The molecule has 0 aliphatic carbocycles. The molecular weight excluding hydrogens is 192 g/mol. The van der Waals surface area contributed by atoms with Crippen molar-refractivity contribution in [2.45, 2.75) is 52.0 Å². The molecule has 2 aliphatic heterocycles. The Morgan fingerprint density at radius 1 is 0.800 bits per heavy atom. The van der Waals surface area contributed by atoms with Gasteiger partial charge in [-0.25, -0.2) is 0 Å². The van der Waals surface area contributed by atoms with Crippen molar-refractivity contribution >= 4 is 0 Å². The van der Waals surface area contributed by atoms with Crippen molar-refractivity contribution < 1.29 is 9.47 Å². The minimum absolute atomic E-state index is 0.277. The molecule has 2 saturated heterocycles. The van der Waals surface area contributed by atoms with Gasteiger partial charge in [-0.15, -0.1) is 0 Å². The molecule has 0 aromatic heterocycles. The molecule has 2 aliphatic rings. The first kappa shape index (κ1) is 11.3. The predicted molar refractivity (Wildman–Crippen MR) is 58.3 cm³/mol. The van der Waals surface area contributed by atoms with Crippen LogP contribution in [0.2, 0.25) is 0 Å². The summed E-state index contributed by atoms with van der Waals surface area (Å²) in [5, 5.41) is 0. The van der Waals surface area contributed by atoms with Crippen molar-refractivity contribution in [2.24, 2.45) is 0 Å². The van der Waals surface area contributed by atoms with Gasteiger partial charge in [0, 0.05) is 12.1 Å². The molecule has 0 radical (unpaired) electrons. The normalized spacial score (nSPS) is 52.0. The topological polar surface area (TPSA) is 24.9 Å². The van der Waals surface area contributed by atoms with Crippen molar-refractivity contribution in [3.63, 3.8) is 0 Å². The lowest BCUT2D eigenvalue weighted by atomic mass is 10.2. The number of hydrogen-bond donors (Lipinski definition) is 0. The highest BCUT2D eigenvalue weighted by molar-refractivity contribution is 4.81. The Labute approximate surface area is 92.1 Å². The van der Waals surface area contributed by atoms with E-state index in [1.165, 1.54) is 0 Å². The van der Waals surface area contributed by atoms with E-state index in [-0.39, 0.29) is 12.2 Å². The molecule has 0 saturated carbocycles. The monoisotopic (exact) mass is 214 g/mol. The van der Waals surface area contributed by atoms with Crippen LogP contribution in [0.4, 0.5) is 0 Å². The van der Waals surface area contributed by atoms with Gasteiger partial charge in [-0.05, 0) is 27.7 Å². The number of hydrogen-bond acceptors (Lipinski definition) is 4. The smallest absolute Gasteiger partial charge is 0.101 e. The Morgan fingerprint density at radius 3 is 1.60 bits per heavy atom. The van der Waals surface area contributed by atoms with E-state index in [2.05, 4.69) is 37.5 Å². The molecule has 0 aromatic rings. The average molecular weight is 214 g/mol. The van der Waals surface area contributed by atoms with Crippen LogP contribution in [0.5, 0.6) is 0 Å². The molecule has 88 valence electrons. The van der Waals surface area contributed by atoms with E-state index >= 15 is 0 Å². The summed E-state index contributed by atoms with van der Waals surface area (Å²) >= 11 is 0. The van der Waals surface area contributed by atoms with Crippen molar-refractivity contribution in [1.29, 1.82) is 0 Å². The summed E-state index contributed by atoms with van der Waals surface area (Å²) in [5.41, 5.74) is 0. The number of fused-ring (bicyclic) bond motifs is 2. The Hall–Kier alpha value is -0.160. The molecule has 4 nitrogen and oxygen atoms in total. The van der Waals surface area contributed by atoms with E-state index in [9.17, 15) is 0 Å². The van der Waals surface area contributed by atoms with Crippen LogP contribution >= 0.6 is 0 Å². The van der Waals surface area contributed by atoms with Crippen LogP contribution in [0.3, 0.4) is 0 Å². The largest absolute Gasteiger partial charge is 0.361 e. The SMILES string of the molecule is C[C@@H]1[C@@H](C)OCN2CN1CO[C@H](C)[C@H]2C. The van der Waals surface area contributed by atoms with Gasteiger partial charge in [0.2, 0.25) is 0 Å². The third kappa shape index (κ3) is 2.18. The standard InChI is InChI=1S/C11H22N2O2/c1-8-10(3)14-7-13-5-12(8)6-15-11(4)9(13)2/h8-11H,5-7H2,1-4H3/t8-,9-,10-,11-/m1/s1. The van der Waals surface area contributed by atoms with E-state index < -0.39 is 0 Å². The fraction of sp³-hybridized carbons (Fsp3) is 1.00. The Balaban J connectivity index is 2.14. The number of rotatable bonds is 0. The predicted octanol–water partition coefficient (Wildman–Crippen LogP) is 1.08. The van der Waals surface area contributed by atoms with Gasteiger partial charge in [0.1, 0.15) is 13.5 Å². The molecule has 2 unspecified atom stereocenters. The molecular formula is C11H22N2O2. The van der Waals surface area contributed by atoms with Crippen molar-refractivity contribution in [2.75, 3.05) is 20.1 Å². The lowest BCUT2D eigenvalue weighted by Crippen LogP contribution is -2.43. The van der Waals surface area contributed by atoms with Crippen molar-refractivity contribution in [3.8, 4) is 0 Å². The van der Waals surface area contributed by atoms with Crippen LogP contribution < -0.4 is 0 Å². The lowest BCUT2D eigenvalue weighted by molar-refractivity contribution is -0.0686. The van der Waals surface area contributed by atoms with Gasteiger partial charge in [-0.1, -0.05) is 0 Å². The summed E-state index contributed by atoms with van der Waals surface area (Å²) in [6, 6.07) is 0.847. The maximum atomic E-state index is 5.83. The van der Waals surface area contributed by atoms with Crippen LogP contribution in [0.15, 0.2) is 0 Å². The lowest BCUT2D eigenvalue weighted by Gasteiger charge is -2.28. The number of nitrogens with zero attached hydrogens (tertiary/aromatic N) is 2. The fourth-order valence-corrected chi connectivity index (χ4v) is 2.11. The zero-order valence-electron chi connectivity index (χ0n) is 10.1. The third-order valence-corrected chi connectivity index (χ3v) is 3.88. The molecule has 2 rings (SSSR count). The quantitative estimate of drug-likeness (QED) is 0.602. The zero-order valence-corrected chi connectivity index (χ0v) is 10.1. The maximum absolute atomic E-state index is 5.83. The van der Waals surface area contributed by atoms with Gasteiger partial charge in [0.15, 0.2) is 0 Å². The van der Waals surface area contributed by atoms with E-state index in [1.54, 1.807) is 0 Å². The van der Waals surface area contributed by atoms with Crippen molar-refractivity contribution in [1.82, 2.24) is 9.80 Å². The van der Waals surface area contributed by atoms with Crippen LogP contribution in [0.25, 0.3) is 0 Å². The maximum Gasteiger partial charge on any atom is 0.101 e. The summed E-state index contributed by atoms with van der Waals surface area (Å²) in [4.78, 5) is 4.69. The highest BCUT2D eigenvalue weighted by atomic mass is 16.5. The van der Waals surface area contributed by atoms with Crippen LogP contribution in [-0.4, -0.2) is 54.2 Å². The molecule has 15 heavy (non-hydrogen) atoms. The molecule has 4 heteroatoms. The first-order valence-corrected chi connectivity index (χ1v) is 5.81. The molecule has 2 fully saturated rings. The molecule has 6 atom stereocenters. The van der Waals surface area contributed by atoms with Crippen LogP contribution in [-0.2, 0) is 9.47 Å². The first-order valence-electron chi connectivity index (χ1n) is 5.81. The highest BCUT2D eigenvalue weighted by Gasteiger charge is 2.34. The average Bonchev–Trinajstić information content (AvgIpc) is 2.45. The minimum Gasteiger partial charge on any atom is -0.361 e. The van der Waals surface area contributed by atoms with Crippen LogP contribution in [0.1, 0.15) is 27.7 Å². The second-order valence-electron chi connectivity index (χ2n) is 4.80. The summed E-state index contributed by atoms with van der Waals surface area (Å²) in [5.74, 6) is 0. The second-order valence-corrected chi connectivity index (χ2v) is 4.80. The van der Waals surface area contributed by atoms with E-state index in [0.29, 0.717) is 12.1 Å².